The lowest BCUT2D eigenvalue weighted by molar-refractivity contribution is 0.382. The van der Waals surface area contributed by atoms with Gasteiger partial charge in [0.2, 0.25) is 68.8 Å². The van der Waals surface area contributed by atoms with E-state index >= 15 is 0 Å². The maximum absolute atomic E-state index is 14.1. The molecule has 0 saturated heterocycles. The van der Waals surface area contributed by atoms with E-state index in [1.807, 2.05) is 0 Å². The third-order valence-electron chi connectivity index (χ3n) is 2.86. The summed E-state index contributed by atoms with van der Waals surface area (Å²) >= 11 is 0. The molecule has 0 bridgehead atoms. The van der Waals surface area contributed by atoms with Gasteiger partial charge in [-0.2, -0.15) is 17.6 Å². The maximum Gasteiger partial charge on any atom is 0.267 e. The van der Waals surface area contributed by atoms with Crippen LogP contribution in [0.1, 0.15) is 0 Å². The number of rotatable bonds is 2. The van der Waals surface area contributed by atoms with E-state index in [2.05, 4.69) is 0 Å². The summed E-state index contributed by atoms with van der Waals surface area (Å²) in [5, 5.41) is -4.58. The molecule has 2 aromatic rings. The van der Waals surface area contributed by atoms with Crippen LogP contribution < -0.4 is 10.6 Å². The van der Waals surface area contributed by atoms with E-state index in [1.54, 1.807) is 0 Å². The summed E-state index contributed by atoms with van der Waals surface area (Å²) in [6, 6.07) is 0. The molecule has 2 rings (SSSR count). The van der Waals surface area contributed by atoms with Crippen molar-refractivity contribution in [1.82, 2.24) is 0 Å². The van der Waals surface area contributed by atoms with E-state index in [0.717, 1.165) is 0 Å². The zero-order valence-corrected chi connectivity index (χ0v) is 11.7. The monoisotopic (exact) mass is 385 g/mol. The lowest BCUT2D eigenvalue weighted by Crippen LogP contribution is -2.27. The first-order chi connectivity index (χ1) is 11.0. The van der Waals surface area contributed by atoms with Crippen LogP contribution in [0.15, 0.2) is 0 Å². The fourth-order valence-corrected chi connectivity index (χ4v) is 3.18. The van der Waals surface area contributed by atoms with Crippen molar-refractivity contribution < 1.29 is 48.1 Å². The van der Waals surface area contributed by atoms with Gasteiger partial charge in [0.1, 0.15) is 0 Å². The minimum Gasteiger partial charge on any atom is -0.200 e. The summed E-state index contributed by atoms with van der Waals surface area (Å²) in [7, 11) is -5.08. The van der Waals surface area contributed by atoms with Crippen LogP contribution in [0.3, 0.4) is 0 Å². The molecule has 0 fully saturated rings. The van der Waals surface area contributed by atoms with E-state index in [0.29, 0.717) is 0 Å². The van der Waals surface area contributed by atoms with E-state index in [4.69, 9.17) is 0 Å². The Labute approximate surface area is 126 Å². The Morgan fingerprint density at radius 1 is 0.333 bits per heavy atom. The third-order valence-corrected chi connectivity index (χ3v) is 4.61. The molecule has 0 unspecified atom stereocenters. The Kier molecular flexibility index (Phi) is 4.76. The van der Waals surface area contributed by atoms with Crippen molar-refractivity contribution in [3.8, 4) is 0 Å². The highest BCUT2D eigenvalue weighted by Crippen LogP contribution is 2.41. The van der Waals surface area contributed by atoms with Gasteiger partial charge in [0, 0.05) is 0 Å². The van der Waals surface area contributed by atoms with E-state index in [-0.39, 0.29) is 0 Å². The summed E-state index contributed by atoms with van der Waals surface area (Å²) < 4.78 is 146. The highest BCUT2D eigenvalue weighted by atomic mass is 31.2. The van der Waals surface area contributed by atoms with Crippen molar-refractivity contribution in [3.63, 3.8) is 0 Å². The van der Waals surface area contributed by atoms with Gasteiger partial charge in [-0.25, -0.2) is 26.3 Å². The van der Waals surface area contributed by atoms with Gasteiger partial charge in [0.15, 0.2) is 0 Å². The summed E-state index contributed by atoms with van der Waals surface area (Å²) in [4.78, 5) is 0. The first-order valence-electron chi connectivity index (χ1n) is 5.58. The quantitative estimate of drug-likeness (QED) is 0.316. The Balaban J connectivity index is 2.84. The number of hydrogen-bond acceptors (Lipinski definition) is 0. The van der Waals surface area contributed by atoms with Crippen molar-refractivity contribution in [2.24, 2.45) is 0 Å². The molecule has 12 heteroatoms. The zero-order valence-electron chi connectivity index (χ0n) is 10.7. The normalized spacial score (nSPS) is 11.5. The molecule has 0 N–H and O–H groups in total. The molecule has 0 aromatic heterocycles. The van der Waals surface area contributed by atoms with Crippen molar-refractivity contribution >= 4 is 18.8 Å². The van der Waals surface area contributed by atoms with Crippen molar-refractivity contribution in [2.75, 3.05) is 0 Å². The summed E-state index contributed by atoms with van der Waals surface area (Å²) in [6.45, 7) is 0. The van der Waals surface area contributed by atoms with E-state index in [9.17, 15) is 48.1 Å². The second-order valence-electron chi connectivity index (χ2n) is 4.20. The summed E-state index contributed by atoms with van der Waals surface area (Å²) in [5.74, 6) is -27.0. The molecule has 0 atom stereocenters. The first kappa shape index (κ1) is 18.4. The SMILES string of the molecule is Fc1c(F)c(F)c([PH+](F)c2c(F)c(F)c(F)c(F)c2F)c(F)c1F. The van der Waals surface area contributed by atoms with Crippen LogP contribution in [0.4, 0.5) is 48.1 Å². The smallest absolute Gasteiger partial charge is 0.200 e. The van der Waals surface area contributed by atoms with Gasteiger partial charge in [-0.05, 0) is 0 Å². The van der Waals surface area contributed by atoms with E-state index in [1.165, 1.54) is 0 Å². The summed E-state index contributed by atoms with van der Waals surface area (Å²) in [5.41, 5.74) is 0. The first-order valence-corrected chi connectivity index (χ1v) is 6.96. The van der Waals surface area contributed by atoms with Crippen LogP contribution in [0.5, 0.6) is 0 Å². The van der Waals surface area contributed by atoms with Gasteiger partial charge >= 0.3 is 0 Å². The molecule has 0 heterocycles. The largest absolute Gasteiger partial charge is 0.267 e. The molecule has 0 saturated carbocycles. The van der Waals surface area contributed by atoms with Crippen LogP contribution in [-0.2, 0) is 0 Å². The molecule has 0 nitrogen and oxygen atoms in total. The number of hydrogen-bond donors (Lipinski definition) is 0. The van der Waals surface area contributed by atoms with E-state index < -0.39 is 77.0 Å². The minimum atomic E-state index is -5.08. The predicted octanol–water partition coefficient (Wildman–Crippen LogP) is 4.13. The molecule has 24 heavy (non-hydrogen) atoms. The Morgan fingerprint density at radius 3 is 0.708 bits per heavy atom. The topological polar surface area (TPSA) is 0 Å². The molecule has 2 aromatic carbocycles. The van der Waals surface area contributed by atoms with Crippen LogP contribution in [0.2, 0.25) is 0 Å². The predicted molar refractivity (Wildman–Crippen MR) is 61.2 cm³/mol. The molecule has 0 aliphatic rings. The number of benzene rings is 2. The lowest BCUT2D eigenvalue weighted by Gasteiger charge is -2.08. The van der Waals surface area contributed by atoms with Crippen molar-refractivity contribution in [2.45, 2.75) is 0 Å². The molecule has 0 radical (unpaired) electrons. The number of halogens is 11. The van der Waals surface area contributed by atoms with Crippen LogP contribution >= 0.6 is 8.23 Å². The molecule has 130 valence electrons. The highest BCUT2D eigenvalue weighted by molar-refractivity contribution is 7.68. The molecule has 0 spiro atoms. The van der Waals surface area contributed by atoms with Gasteiger partial charge in [0.05, 0.1) is 0 Å². The van der Waals surface area contributed by atoms with Gasteiger partial charge in [-0.1, -0.05) is 4.20 Å². The highest BCUT2D eigenvalue weighted by Gasteiger charge is 2.44. The average molecular weight is 385 g/mol. The van der Waals surface area contributed by atoms with Crippen molar-refractivity contribution in [1.29, 1.82) is 0 Å². The minimum absolute atomic E-state index is 2.29. The van der Waals surface area contributed by atoms with Crippen LogP contribution in [0, 0.1) is 58.2 Å². The Hall–Kier alpha value is -1.90. The Morgan fingerprint density at radius 2 is 0.500 bits per heavy atom. The molecule has 0 aliphatic carbocycles. The summed E-state index contributed by atoms with van der Waals surface area (Å²) in [6.07, 6.45) is 0. The molecular weight excluding hydrogens is 384 g/mol. The van der Waals surface area contributed by atoms with Crippen LogP contribution in [-0.4, -0.2) is 0 Å². The zero-order chi connectivity index (χ0) is 18.5. The van der Waals surface area contributed by atoms with Crippen molar-refractivity contribution in [3.05, 3.63) is 58.2 Å². The van der Waals surface area contributed by atoms with Crippen LogP contribution in [0.25, 0.3) is 0 Å². The molecule has 0 amide bonds. The standard InChI is InChI=1S/C12F11P/c13-1-3(15)7(19)11(8(20)4(1)16)24(23)12-9(21)5(17)2(14)6(18)10(12)22/p+1. The fourth-order valence-electron chi connectivity index (χ4n) is 1.72. The fraction of sp³-hybridized carbons (Fsp3) is 0. The average Bonchev–Trinajstić information content (AvgIpc) is 2.55. The lowest BCUT2D eigenvalue weighted by atomic mass is 10.3. The van der Waals surface area contributed by atoms with Gasteiger partial charge in [-0.3, -0.25) is 0 Å². The van der Waals surface area contributed by atoms with Gasteiger partial charge in [-0.15, -0.1) is 0 Å². The maximum atomic E-state index is 14.1. The van der Waals surface area contributed by atoms with Gasteiger partial charge < -0.3 is 0 Å². The second kappa shape index (κ2) is 6.19. The third kappa shape index (κ3) is 2.51. The Bertz CT molecular complexity index is 720. The molecule has 0 aliphatic heterocycles. The molecular formula is C12HF11P+. The second-order valence-corrected chi connectivity index (χ2v) is 5.83. The van der Waals surface area contributed by atoms with Gasteiger partial charge in [0.25, 0.3) is 8.23 Å².